The fourth-order valence-electron chi connectivity index (χ4n) is 3.94. The molecule has 0 spiro atoms. The third-order valence-corrected chi connectivity index (χ3v) is 5.13. The highest BCUT2D eigenvalue weighted by Gasteiger charge is 2.49. The Balaban J connectivity index is 1.83. The van der Waals surface area contributed by atoms with Crippen LogP contribution in [0.2, 0.25) is 0 Å². The van der Waals surface area contributed by atoms with E-state index in [1.54, 1.807) is 0 Å². The van der Waals surface area contributed by atoms with Gasteiger partial charge in [0.2, 0.25) is 11.8 Å². The smallest absolute Gasteiger partial charge is 0.246 e. The van der Waals surface area contributed by atoms with Gasteiger partial charge in [-0.3, -0.25) is 9.59 Å². The standard InChI is InChI=1S/C16H26N2O2/c1-10(2)18-14(12-6-4-3-5-7-12)15(19)17-13(16(18)20)11-8-9-11/h10-14H,3-9H2,1-2H3,(H,17,19). The van der Waals surface area contributed by atoms with Crippen LogP contribution >= 0.6 is 0 Å². The number of hydrogen-bond donors (Lipinski definition) is 1. The first kappa shape index (κ1) is 13.9. The van der Waals surface area contributed by atoms with Gasteiger partial charge in [0.15, 0.2) is 0 Å². The lowest BCUT2D eigenvalue weighted by molar-refractivity contribution is -0.155. The summed E-state index contributed by atoms with van der Waals surface area (Å²) >= 11 is 0. The molecule has 2 saturated carbocycles. The fourth-order valence-corrected chi connectivity index (χ4v) is 3.94. The number of amides is 2. The van der Waals surface area contributed by atoms with E-state index in [9.17, 15) is 9.59 Å². The SMILES string of the molecule is CC(C)N1C(=O)C(C2CC2)NC(=O)C1C1CCCCC1. The molecule has 1 saturated heterocycles. The van der Waals surface area contributed by atoms with E-state index in [1.807, 2.05) is 18.7 Å². The van der Waals surface area contributed by atoms with Crippen LogP contribution in [0, 0.1) is 11.8 Å². The Morgan fingerprint density at radius 2 is 1.65 bits per heavy atom. The fraction of sp³-hybridized carbons (Fsp3) is 0.875. The lowest BCUT2D eigenvalue weighted by Gasteiger charge is -2.45. The van der Waals surface area contributed by atoms with Crippen molar-refractivity contribution in [3.63, 3.8) is 0 Å². The van der Waals surface area contributed by atoms with Gasteiger partial charge in [-0.05, 0) is 51.4 Å². The van der Waals surface area contributed by atoms with Gasteiger partial charge in [0.25, 0.3) is 0 Å². The zero-order chi connectivity index (χ0) is 14.3. The van der Waals surface area contributed by atoms with Crippen molar-refractivity contribution in [1.29, 1.82) is 0 Å². The summed E-state index contributed by atoms with van der Waals surface area (Å²) in [6, 6.07) is -0.357. The predicted octanol–water partition coefficient (Wildman–Crippen LogP) is 2.08. The van der Waals surface area contributed by atoms with Crippen molar-refractivity contribution in [2.24, 2.45) is 11.8 Å². The Hall–Kier alpha value is -1.06. The maximum absolute atomic E-state index is 12.8. The van der Waals surface area contributed by atoms with Gasteiger partial charge in [-0.1, -0.05) is 19.3 Å². The second-order valence-electron chi connectivity index (χ2n) is 7.01. The Morgan fingerprint density at radius 3 is 2.20 bits per heavy atom. The quantitative estimate of drug-likeness (QED) is 0.859. The summed E-state index contributed by atoms with van der Waals surface area (Å²) < 4.78 is 0. The van der Waals surface area contributed by atoms with E-state index in [2.05, 4.69) is 5.32 Å². The first-order chi connectivity index (χ1) is 9.59. The normalized spacial score (nSPS) is 32.6. The summed E-state index contributed by atoms with van der Waals surface area (Å²) in [6.45, 7) is 4.08. The molecule has 2 unspecified atom stereocenters. The molecule has 4 heteroatoms. The Kier molecular flexibility index (Phi) is 3.74. The van der Waals surface area contributed by atoms with Crippen LogP contribution in [0.1, 0.15) is 58.8 Å². The van der Waals surface area contributed by atoms with E-state index in [1.165, 1.54) is 19.3 Å². The highest BCUT2D eigenvalue weighted by atomic mass is 16.2. The van der Waals surface area contributed by atoms with Gasteiger partial charge in [-0.25, -0.2) is 0 Å². The zero-order valence-electron chi connectivity index (χ0n) is 12.6. The summed E-state index contributed by atoms with van der Waals surface area (Å²) in [7, 11) is 0. The molecule has 2 amide bonds. The summed E-state index contributed by atoms with van der Waals surface area (Å²) in [5, 5.41) is 3.03. The predicted molar refractivity (Wildman–Crippen MR) is 77.0 cm³/mol. The van der Waals surface area contributed by atoms with E-state index < -0.39 is 0 Å². The van der Waals surface area contributed by atoms with Gasteiger partial charge in [-0.2, -0.15) is 0 Å². The average molecular weight is 278 g/mol. The molecule has 0 aromatic carbocycles. The lowest BCUT2D eigenvalue weighted by atomic mass is 9.81. The van der Waals surface area contributed by atoms with Crippen molar-refractivity contribution >= 4 is 11.8 Å². The number of rotatable bonds is 3. The number of nitrogens with one attached hydrogen (secondary N) is 1. The number of nitrogens with zero attached hydrogens (tertiary/aromatic N) is 1. The highest BCUT2D eigenvalue weighted by Crippen LogP contribution is 2.38. The summed E-state index contributed by atoms with van der Waals surface area (Å²) in [5.74, 6) is 1.01. The van der Waals surface area contributed by atoms with E-state index in [0.717, 1.165) is 25.7 Å². The third kappa shape index (κ3) is 2.45. The minimum Gasteiger partial charge on any atom is -0.342 e. The Labute approximate surface area is 121 Å². The molecule has 0 aromatic rings. The average Bonchev–Trinajstić information content (AvgIpc) is 3.25. The molecule has 3 fully saturated rings. The molecule has 20 heavy (non-hydrogen) atoms. The second kappa shape index (κ2) is 5.38. The third-order valence-electron chi connectivity index (χ3n) is 5.13. The lowest BCUT2D eigenvalue weighted by Crippen LogP contribution is -2.67. The molecule has 0 aromatic heterocycles. The largest absolute Gasteiger partial charge is 0.342 e. The molecule has 2 aliphatic carbocycles. The Morgan fingerprint density at radius 1 is 1.00 bits per heavy atom. The van der Waals surface area contributed by atoms with E-state index in [4.69, 9.17) is 0 Å². The number of hydrogen-bond acceptors (Lipinski definition) is 2. The van der Waals surface area contributed by atoms with Crippen LogP contribution in [-0.2, 0) is 9.59 Å². The van der Waals surface area contributed by atoms with Crippen LogP contribution in [-0.4, -0.2) is 34.8 Å². The molecule has 0 radical (unpaired) electrons. The first-order valence-electron chi connectivity index (χ1n) is 8.22. The van der Waals surface area contributed by atoms with Crippen molar-refractivity contribution in [3.05, 3.63) is 0 Å². The van der Waals surface area contributed by atoms with Crippen LogP contribution in [0.15, 0.2) is 0 Å². The Bertz CT molecular complexity index is 397. The number of piperazine rings is 1. The summed E-state index contributed by atoms with van der Waals surface area (Å²) in [6.07, 6.45) is 7.99. The van der Waals surface area contributed by atoms with Gasteiger partial charge in [0, 0.05) is 6.04 Å². The summed E-state index contributed by atoms with van der Waals surface area (Å²) in [5.41, 5.74) is 0. The van der Waals surface area contributed by atoms with Gasteiger partial charge in [-0.15, -0.1) is 0 Å². The van der Waals surface area contributed by atoms with Gasteiger partial charge >= 0.3 is 0 Å². The van der Waals surface area contributed by atoms with Crippen molar-refractivity contribution < 1.29 is 9.59 Å². The molecule has 4 nitrogen and oxygen atoms in total. The van der Waals surface area contributed by atoms with Gasteiger partial charge in [0.05, 0.1) is 0 Å². The minimum atomic E-state index is -0.246. The molecule has 0 bridgehead atoms. The van der Waals surface area contributed by atoms with Crippen LogP contribution in [0.3, 0.4) is 0 Å². The van der Waals surface area contributed by atoms with E-state index in [0.29, 0.717) is 11.8 Å². The molecule has 112 valence electrons. The van der Waals surface area contributed by atoms with Crippen LogP contribution in [0.5, 0.6) is 0 Å². The van der Waals surface area contributed by atoms with Crippen LogP contribution in [0.4, 0.5) is 0 Å². The van der Waals surface area contributed by atoms with Crippen LogP contribution < -0.4 is 5.32 Å². The zero-order valence-corrected chi connectivity index (χ0v) is 12.6. The molecule has 1 heterocycles. The molecular weight excluding hydrogens is 252 g/mol. The minimum absolute atomic E-state index is 0.0992. The number of carbonyl (C=O) groups excluding carboxylic acids is 2. The molecule has 1 aliphatic heterocycles. The van der Waals surface area contributed by atoms with Crippen LogP contribution in [0.25, 0.3) is 0 Å². The maximum Gasteiger partial charge on any atom is 0.246 e. The van der Waals surface area contributed by atoms with Crippen molar-refractivity contribution in [2.75, 3.05) is 0 Å². The molecule has 1 N–H and O–H groups in total. The van der Waals surface area contributed by atoms with Gasteiger partial charge in [0.1, 0.15) is 12.1 Å². The highest BCUT2D eigenvalue weighted by molar-refractivity contribution is 5.97. The van der Waals surface area contributed by atoms with Crippen molar-refractivity contribution in [3.8, 4) is 0 Å². The molecule has 3 aliphatic rings. The van der Waals surface area contributed by atoms with Gasteiger partial charge < -0.3 is 10.2 Å². The first-order valence-corrected chi connectivity index (χ1v) is 8.22. The monoisotopic (exact) mass is 278 g/mol. The number of carbonyl (C=O) groups is 2. The molecule has 3 rings (SSSR count). The second-order valence-corrected chi connectivity index (χ2v) is 7.01. The van der Waals surface area contributed by atoms with E-state index in [-0.39, 0.29) is 29.9 Å². The maximum atomic E-state index is 12.8. The van der Waals surface area contributed by atoms with Crippen molar-refractivity contribution in [2.45, 2.75) is 76.9 Å². The molecular formula is C16H26N2O2. The van der Waals surface area contributed by atoms with Crippen molar-refractivity contribution in [1.82, 2.24) is 10.2 Å². The van der Waals surface area contributed by atoms with E-state index >= 15 is 0 Å². The molecule has 2 atom stereocenters. The summed E-state index contributed by atoms with van der Waals surface area (Å²) in [4.78, 5) is 27.3. The topological polar surface area (TPSA) is 49.4 Å².